The van der Waals surface area contributed by atoms with E-state index in [1.54, 1.807) is 11.0 Å². The predicted molar refractivity (Wildman–Crippen MR) is 140 cm³/mol. The van der Waals surface area contributed by atoms with Gasteiger partial charge in [0.2, 0.25) is 0 Å². The van der Waals surface area contributed by atoms with E-state index >= 15 is 0 Å². The van der Waals surface area contributed by atoms with E-state index in [1.165, 1.54) is 64.7 Å². The predicted octanol–water partition coefficient (Wildman–Crippen LogP) is 3.54. The molecule has 0 amide bonds. The van der Waals surface area contributed by atoms with Crippen LogP contribution in [0.5, 0.6) is 0 Å². The second kappa shape index (κ2) is 27.7. The van der Waals surface area contributed by atoms with Crippen LogP contribution >= 0.6 is 105 Å². The molecule has 0 saturated carbocycles. The van der Waals surface area contributed by atoms with Crippen molar-refractivity contribution < 1.29 is 0 Å². The zero-order chi connectivity index (χ0) is 11.6. The fourth-order valence-corrected chi connectivity index (χ4v) is 2.47. The van der Waals surface area contributed by atoms with Crippen LogP contribution in [0.4, 0.5) is 0 Å². The van der Waals surface area contributed by atoms with E-state index in [9.17, 15) is 0 Å². The number of rotatable bonds is 2. The van der Waals surface area contributed by atoms with E-state index in [0.717, 1.165) is 0 Å². The third-order valence-corrected chi connectivity index (χ3v) is 3.68. The summed E-state index contributed by atoms with van der Waals surface area (Å²) < 4.78 is 0. The fourth-order valence-electron chi connectivity index (χ4n) is 2.05. The van der Waals surface area contributed by atoms with E-state index in [4.69, 9.17) is 24.4 Å². The fraction of sp³-hybridized carbons (Fsp3) is 0.833. The summed E-state index contributed by atoms with van der Waals surface area (Å²) >= 11 is 9.55. The van der Waals surface area contributed by atoms with Crippen LogP contribution in [0.25, 0.3) is 0 Å². The van der Waals surface area contributed by atoms with Crippen molar-refractivity contribution in [1.82, 2.24) is 9.80 Å². The summed E-state index contributed by atoms with van der Waals surface area (Å²) in [5.41, 5.74) is 3.55. The smallest absolute Gasteiger partial charge is 0.0640 e. The Hall–Kier alpha value is 1.88. The highest BCUT2D eigenvalue weighted by molar-refractivity contribution is 7.79. The summed E-state index contributed by atoms with van der Waals surface area (Å²) in [6.45, 7) is 4.74. The number of piperidine rings is 2. The van der Waals surface area contributed by atoms with Gasteiger partial charge in [-0.05, 0) is 38.5 Å². The van der Waals surface area contributed by atoms with Gasteiger partial charge in [0.15, 0.2) is 0 Å². The molecule has 2 saturated heterocycles. The number of hydrogen-bond donors (Lipinski definition) is 0. The highest BCUT2D eigenvalue weighted by atomic mass is 32.1. The molecular weight excluding hydrogens is 429 g/mol. The van der Waals surface area contributed by atoms with E-state index < -0.39 is 0 Å². The maximum absolute atomic E-state index is 4.77. The van der Waals surface area contributed by atoms with Crippen LogP contribution in [0.2, 0.25) is 0 Å². The summed E-state index contributed by atoms with van der Waals surface area (Å²) in [6, 6.07) is 0. The molecule has 0 spiro atoms. The standard InChI is InChI=1S/2C6H11NS.6H2S/c2*8-6-7-4-2-1-3-5-7;;;;;;/h2*6H,1-5H2;6*1H2. The summed E-state index contributed by atoms with van der Waals surface area (Å²) in [6.07, 6.45) is 8.08. The molecule has 22 heavy (non-hydrogen) atoms. The summed E-state index contributed by atoms with van der Waals surface area (Å²) in [7, 11) is 0. The molecule has 2 aliphatic rings. The van der Waals surface area contributed by atoms with Gasteiger partial charge in [-0.1, -0.05) is 24.4 Å². The van der Waals surface area contributed by atoms with Gasteiger partial charge < -0.3 is 9.80 Å². The van der Waals surface area contributed by atoms with Crippen molar-refractivity contribution >= 4 is 116 Å². The lowest BCUT2D eigenvalue weighted by Gasteiger charge is -2.23. The van der Waals surface area contributed by atoms with Crippen LogP contribution in [-0.4, -0.2) is 47.0 Å². The Morgan fingerprint density at radius 2 is 0.682 bits per heavy atom. The molecule has 0 aromatic rings. The molecule has 0 unspecified atom stereocenters. The van der Waals surface area contributed by atoms with Gasteiger partial charge >= 0.3 is 0 Å². The first kappa shape index (κ1) is 39.1. The first-order chi connectivity index (χ1) is 7.86. The van der Waals surface area contributed by atoms with Crippen molar-refractivity contribution in [3.8, 4) is 0 Å². The Kier molecular flexibility index (Phi) is 49.3. The molecule has 0 radical (unpaired) electrons. The molecular formula is C12H34N2S8. The van der Waals surface area contributed by atoms with Gasteiger partial charge in [0.1, 0.15) is 0 Å². The van der Waals surface area contributed by atoms with Gasteiger partial charge in [0.05, 0.1) is 11.0 Å². The van der Waals surface area contributed by atoms with Crippen molar-refractivity contribution in [2.75, 3.05) is 26.2 Å². The van der Waals surface area contributed by atoms with Crippen LogP contribution in [-0.2, 0) is 0 Å². The third-order valence-electron chi connectivity index (χ3n) is 3.08. The van der Waals surface area contributed by atoms with Gasteiger partial charge in [-0.3, -0.25) is 0 Å². The Labute approximate surface area is 189 Å². The van der Waals surface area contributed by atoms with E-state index in [1.807, 2.05) is 0 Å². The monoisotopic (exact) mass is 462 g/mol. The average Bonchev–Trinajstić information content (AvgIpc) is 2.41. The van der Waals surface area contributed by atoms with Crippen molar-refractivity contribution in [2.24, 2.45) is 0 Å². The zero-order valence-corrected chi connectivity index (χ0v) is 20.6. The molecule has 0 N–H and O–H groups in total. The maximum Gasteiger partial charge on any atom is 0.0640 e. The van der Waals surface area contributed by atoms with Crippen LogP contribution in [0.3, 0.4) is 0 Å². The maximum atomic E-state index is 4.77. The summed E-state index contributed by atoms with van der Waals surface area (Å²) in [5, 5.41) is 0. The zero-order valence-electron chi connectivity index (χ0n) is 12.9. The summed E-state index contributed by atoms with van der Waals surface area (Å²) in [4.78, 5) is 4.41. The Bertz CT molecular complexity index is 187. The lowest BCUT2D eigenvalue weighted by atomic mass is 10.1. The van der Waals surface area contributed by atoms with Crippen molar-refractivity contribution in [3.63, 3.8) is 0 Å². The molecule has 0 aliphatic carbocycles. The average molecular weight is 463 g/mol. The number of likely N-dealkylation sites (tertiary alicyclic amines) is 2. The lowest BCUT2D eigenvalue weighted by molar-refractivity contribution is 0.355. The van der Waals surface area contributed by atoms with Gasteiger partial charge in [0, 0.05) is 26.2 Å². The van der Waals surface area contributed by atoms with E-state index in [2.05, 4.69) is 9.80 Å². The lowest BCUT2D eigenvalue weighted by Crippen LogP contribution is -2.27. The highest BCUT2D eigenvalue weighted by Gasteiger charge is 2.04. The first-order valence-electron chi connectivity index (χ1n) is 6.25. The third kappa shape index (κ3) is 19.9. The highest BCUT2D eigenvalue weighted by Crippen LogP contribution is 2.06. The van der Waals surface area contributed by atoms with Crippen LogP contribution in [0.1, 0.15) is 38.5 Å². The van der Waals surface area contributed by atoms with Crippen molar-refractivity contribution in [1.29, 1.82) is 0 Å². The minimum absolute atomic E-state index is 0. The van der Waals surface area contributed by atoms with Crippen LogP contribution in [0, 0.1) is 0 Å². The quantitative estimate of drug-likeness (QED) is 0.579. The minimum Gasteiger partial charge on any atom is -0.369 e. The van der Waals surface area contributed by atoms with E-state index in [0.29, 0.717) is 0 Å². The Balaban J connectivity index is -0.0000000457. The molecule has 2 aliphatic heterocycles. The molecule has 0 atom stereocenters. The second-order valence-corrected chi connectivity index (χ2v) is 4.83. The van der Waals surface area contributed by atoms with Gasteiger partial charge in [-0.25, -0.2) is 0 Å². The largest absolute Gasteiger partial charge is 0.369 e. The Morgan fingerprint density at radius 1 is 0.455 bits per heavy atom. The molecule has 0 aromatic heterocycles. The van der Waals surface area contributed by atoms with Crippen molar-refractivity contribution in [3.05, 3.63) is 0 Å². The SMILES string of the molecule is S.S.S.S.S.S.S=CN1CCCCC1.S=CN1CCCCC1. The van der Waals surface area contributed by atoms with Crippen LogP contribution < -0.4 is 0 Å². The molecule has 2 heterocycles. The molecule has 140 valence electrons. The normalized spacial score (nSPS) is 15.1. The first-order valence-corrected chi connectivity index (χ1v) is 7.20. The molecule has 2 rings (SSSR count). The number of thiocarbonyl (C=S) groups is 2. The van der Waals surface area contributed by atoms with Gasteiger partial charge in [0.25, 0.3) is 0 Å². The molecule has 10 heteroatoms. The number of nitrogens with zero attached hydrogens (tertiary/aromatic N) is 2. The molecule has 2 fully saturated rings. The second-order valence-electron chi connectivity index (χ2n) is 4.40. The Morgan fingerprint density at radius 3 is 0.818 bits per heavy atom. The molecule has 0 aromatic carbocycles. The molecule has 2 nitrogen and oxygen atoms in total. The number of hydrogen-bond acceptors (Lipinski definition) is 2. The summed E-state index contributed by atoms with van der Waals surface area (Å²) in [5.74, 6) is 0. The van der Waals surface area contributed by atoms with Crippen LogP contribution in [0.15, 0.2) is 0 Å². The van der Waals surface area contributed by atoms with Gasteiger partial charge in [-0.15, -0.1) is 0 Å². The van der Waals surface area contributed by atoms with Gasteiger partial charge in [-0.2, -0.15) is 81.0 Å². The minimum atomic E-state index is 0. The van der Waals surface area contributed by atoms with Crippen molar-refractivity contribution in [2.45, 2.75) is 38.5 Å². The molecule has 0 bridgehead atoms. The topological polar surface area (TPSA) is 6.48 Å². The van der Waals surface area contributed by atoms with E-state index in [-0.39, 0.29) is 81.0 Å².